The van der Waals surface area contributed by atoms with Crippen LogP contribution in [0.1, 0.15) is 37.8 Å². The van der Waals surface area contributed by atoms with Gasteiger partial charge in [0.05, 0.1) is 11.7 Å². The van der Waals surface area contributed by atoms with E-state index in [-0.39, 0.29) is 0 Å². The molecule has 0 saturated heterocycles. The molecule has 1 aromatic rings. The third-order valence-corrected chi connectivity index (χ3v) is 3.47. The van der Waals surface area contributed by atoms with Crippen molar-refractivity contribution < 1.29 is 10.2 Å². The normalized spacial score (nSPS) is 21.6. The number of aromatic nitrogens is 1. The minimum Gasteiger partial charge on any atom is -0.390 e. The van der Waals surface area contributed by atoms with E-state index in [0.717, 1.165) is 18.5 Å². The maximum atomic E-state index is 10.3. The van der Waals surface area contributed by atoms with Crippen molar-refractivity contribution in [3.8, 4) is 0 Å². The summed E-state index contributed by atoms with van der Waals surface area (Å²) in [5.41, 5.74) is -0.0514. The van der Waals surface area contributed by atoms with Gasteiger partial charge in [0.1, 0.15) is 0 Å². The lowest BCUT2D eigenvalue weighted by atomic mass is 9.79. The Labute approximate surface area is 96.2 Å². The SMILES string of the molecule is OC(Cc1ccccn1)C1(O)CCCCC1. The Morgan fingerprint density at radius 1 is 1.25 bits per heavy atom. The highest BCUT2D eigenvalue weighted by molar-refractivity contribution is 5.06. The first-order valence-corrected chi connectivity index (χ1v) is 6.01. The Bertz CT molecular complexity index is 320. The van der Waals surface area contributed by atoms with Gasteiger partial charge < -0.3 is 10.2 Å². The Balaban J connectivity index is 1.99. The van der Waals surface area contributed by atoms with Gasteiger partial charge in [0, 0.05) is 18.3 Å². The van der Waals surface area contributed by atoms with Crippen molar-refractivity contribution in [1.29, 1.82) is 0 Å². The second-order valence-electron chi connectivity index (χ2n) is 4.71. The van der Waals surface area contributed by atoms with Crippen LogP contribution in [0.25, 0.3) is 0 Å². The number of pyridine rings is 1. The Hall–Kier alpha value is -0.930. The Kier molecular flexibility index (Phi) is 3.56. The molecular weight excluding hydrogens is 202 g/mol. The fourth-order valence-corrected chi connectivity index (χ4v) is 2.40. The zero-order valence-electron chi connectivity index (χ0n) is 9.47. The molecule has 1 atom stereocenters. The maximum Gasteiger partial charge on any atom is 0.0909 e. The van der Waals surface area contributed by atoms with E-state index in [2.05, 4.69) is 4.98 Å². The van der Waals surface area contributed by atoms with Crippen LogP contribution in [-0.4, -0.2) is 26.9 Å². The topological polar surface area (TPSA) is 53.4 Å². The zero-order chi connectivity index (χ0) is 11.4. The van der Waals surface area contributed by atoms with E-state index in [1.54, 1.807) is 6.20 Å². The van der Waals surface area contributed by atoms with Gasteiger partial charge in [-0.15, -0.1) is 0 Å². The second-order valence-corrected chi connectivity index (χ2v) is 4.71. The average Bonchev–Trinajstić information content (AvgIpc) is 2.31. The maximum absolute atomic E-state index is 10.3. The second kappa shape index (κ2) is 4.93. The molecule has 0 aliphatic heterocycles. The standard InChI is InChI=1S/C13H19NO2/c15-12(10-11-6-2-5-9-14-11)13(16)7-3-1-4-8-13/h2,5-6,9,12,15-16H,1,3-4,7-8,10H2. The predicted octanol–water partition coefficient (Wildman–Crippen LogP) is 1.68. The lowest BCUT2D eigenvalue weighted by molar-refractivity contribution is -0.0963. The van der Waals surface area contributed by atoms with Crippen molar-refractivity contribution in [2.75, 3.05) is 0 Å². The summed E-state index contributed by atoms with van der Waals surface area (Å²) in [6.45, 7) is 0. The molecule has 1 unspecified atom stereocenters. The molecule has 3 nitrogen and oxygen atoms in total. The van der Waals surface area contributed by atoms with Crippen LogP contribution in [0.3, 0.4) is 0 Å². The quantitative estimate of drug-likeness (QED) is 0.816. The minimum absolute atomic E-state index is 0.442. The van der Waals surface area contributed by atoms with Crippen molar-refractivity contribution in [3.63, 3.8) is 0 Å². The van der Waals surface area contributed by atoms with Crippen LogP contribution in [0.5, 0.6) is 0 Å². The highest BCUT2D eigenvalue weighted by Gasteiger charge is 2.36. The van der Waals surface area contributed by atoms with Gasteiger partial charge >= 0.3 is 0 Å². The monoisotopic (exact) mass is 221 g/mol. The molecule has 1 aliphatic rings. The Morgan fingerprint density at radius 3 is 2.62 bits per heavy atom. The molecule has 1 aromatic heterocycles. The summed E-state index contributed by atoms with van der Waals surface area (Å²) < 4.78 is 0. The molecule has 2 N–H and O–H groups in total. The van der Waals surface area contributed by atoms with Crippen LogP contribution in [0.2, 0.25) is 0 Å². The van der Waals surface area contributed by atoms with Gasteiger partial charge in [-0.25, -0.2) is 0 Å². The summed E-state index contributed by atoms with van der Waals surface area (Å²) >= 11 is 0. The highest BCUT2D eigenvalue weighted by Crippen LogP contribution is 2.31. The van der Waals surface area contributed by atoms with E-state index < -0.39 is 11.7 Å². The summed E-state index contributed by atoms with van der Waals surface area (Å²) in [6.07, 6.45) is 6.07. The van der Waals surface area contributed by atoms with E-state index in [9.17, 15) is 10.2 Å². The van der Waals surface area contributed by atoms with Gasteiger partial charge in [0.15, 0.2) is 0 Å². The van der Waals surface area contributed by atoms with Gasteiger partial charge in [0.25, 0.3) is 0 Å². The molecule has 3 heteroatoms. The third kappa shape index (κ3) is 2.60. The van der Waals surface area contributed by atoms with E-state index in [1.807, 2.05) is 18.2 Å². The number of nitrogens with zero attached hydrogens (tertiary/aromatic N) is 1. The van der Waals surface area contributed by atoms with E-state index in [1.165, 1.54) is 6.42 Å². The molecular formula is C13H19NO2. The average molecular weight is 221 g/mol. The Morgan fingerprint density at radius 2 is 2.00 bits per heavy atom. The van der Waals surface area contributed by atoms with Crippen LogP contribution >= 0.6 is 0 Å². The molecule has 0 bridgehead atoms. The van der Waals surface area contributed by atoms with E-state index in [0.29, 0.717) is 19.3 Å². The number of hydrogen-bond acceptors (Lipinski definition) is 3. The van der Waals surface area contributed by atoms with Gasteiger partial charge in [-0.2, -0.15) is 0 Å². The molecule has 1 aliphatic carbocycles. The van der Waals surface area contributed by atoms with Gasteiger partial charge in [-0.3, -0.25) is 4.98 Å². The van der Waals surface area contributed by atoms with Crippen molar-refractivity contribution in [3.05, 3.63) is 30.1 Å². The lowest BCUT2D eigenvalue weighted by Crippen LogP contribution is -2.45. The van der Waals surface area contributed by atoms with Gasteiger partial charge in [-0.05, 0) is 25.0 Å². The molecule has 0 spiro atoms. The summed E-state index contributed by atoms with van der Waals surface area (Å²) in [7, 11) is 0. The number of aliphatic hydroxyl groups is 2. The highest BCUT2D eigenvalue weighted by atomic mass is 16.3. The molecule has 1 fully saturated rings. The molecule has 0 amide bonds. The minimum atomic E-state index is -0.893. The predicted molar refractivity (Wildman–Crippen MR) is 62.0 cm³/mol. The molecule has 1 heterocycles. The van der Waals surface area contributed by atoms with Crippen LogP contribution in [0.4, 0.5) is 0 Å². The fraction of sp³-hybridized carbons (Fsp3) is 0.615. The zero-order valence-corrected chi connectivity index (χ0v) is 9.47. The van der Waals surface area contributed by atoms with Crippen molar-refractivity contribution in [1.82, 2.24) is 4.98 Å². The van der Waals surface area contributed by atoms with Gasteiger partial charge in [0.2, 0.25) is 0 Å². The van der Waals surface area contributed by atoms with E-state index in [4.69, 9.17) is 0 Å². The molecule has 2 rings (SSSR count). The van der Waals surface area contributed by atoms with E-state index >= 15 is 0 Å². The summed E-state index contributed by atoms with van der Waals surface area (Å²) in [5, 5.41) is 20.4. The number of aliphatic hydroxyl groups excluding tert-OH is 1. The molecule has 0 radical (unpaired) electrons. The largest absolute Gasteiger partial charge is 0.390 e. The van der Waals surface area contributed by atoms with Crippen LogP contribution < -0.4 is 0 Å². The smallest absolute Gasteiger partial charge is 0.0909 e. The number of rotatable bonds is 3. The van der Waals surface area contributed by atoms with Crippen molar-refractivity contribution >= 4 is 0 Å². The first-order valence-electron chi connectivity index (χ1n) is 6.01. The molecule has 16 heavy (non-hydrogen) atoms. The van der Waals surface area contributed by atoms with Crippen LogP contribution in [0, 0.1) is 0 Å². The van der Waals surface area contributed by atoms with Crippen molar-refractivity contribution in [2.24, 2.45) is 0 Å². The lowest BCUT2D eigenvalue weighted by Gasteiger charge is -2.36. The van der Waals surface area contributed by atoms with Crippen LogP contribution in [0.15, 0.2) is 24.4 Å². The summed E-state index contributed by atoms with van der Waals surface area (Å²) in [5.74, 6) is 0. The fourth-order valence-electron chi connectivity index (χ4n) is 2.40. The number of hydrogen-bond donors (Lipinski definition) is 2. The van der Waals surface area contributed by atoms with Gasteiger partial charge in [-0.1, -0.05) is 25.3 Å². The molecule has 1 saturated carbocycles. The third-order valence-electron chi connectivity index (χ3n) is 3.47. The molecule has 88 valence electrons. The molecule has 0 aromatic carbocycles. The summed E-state index contributed by atoms with van der Waals surface area (Å²) in [4.78, 5) is 4.17. The first kappa shape index (κ1) is 11.6. The van der Waals surface area contributed by atoms with Crippen molar-refractivity contribution in [2.45, 2.75) is 50.2 Å². The first-order chi connectivity index (χ1) is 7.71. The summed E-state index contributed by atoms with van der Waals surface area (Å²) in [6, 6.07) is 5.64. The van der Waals surface area contributed by atoms with Crippen LogP contribution in [-0.2, 0) is 6.42 Å².